The molecule has 1 aliphatic rings. The molecule has 1 aliphatic heterocycles. The molecule has 1 heterocycles. The minimum absolute atomic E-state index is 0.137. The molecule has 11 amide bonds. The number of carbonyl (C=O) groups is 11. The smallest absolute Gasteiger partial charge is 0.245 e. The molecule has 0 bridgehead atoms. The molecule has 0 saturated carbocycles. The number of aliphatic hydroxyl groups excluding tert-OH is 2. The number of carbonyl (C=O) groups excluding carboxylic acids is 11. The Morgan fingerprint density at radius 1 is 0.526 bits per heavy atom. The van der Waals surface area contributed by atoms with Gasteiger partial charge in [0.1, 0.15) is 42.0 Å². The van der Waals surface area contributed by atoms with Crippen molar-refractivity contribution >= 4 is 65.0 Å². The normalized spacial score (nSPS) is 24.0. The number of aliphatic hydroxyl groups is 2. The van der Waals surface area contributed by atoms with Crippen LogP contribution in [0.4, 0.5) is 0 Å². The van der Waals surface area contributed by atoms with Crippen LogP contribution in [0.1, 0.15) is 31.2 Å². The van der Waals surface area contributed by atoms with Gasteiger partial charge in [0.25, 0.3) is 0 Å². The summed E-state index contributed by atoms with van der Waals surface area (Å²) in [4.78, 5) is 140. The van der Waals surface area contributed by atoms with Gasteiger partial charge >= 0.3 is 0 Å². The Kier molecular flexibility index (Phi) is 18.2. The Hall–Kier alpha value is -6.89. The van der Waals surface area contributed by atoms with Crippen molar-refractivity contribution in [1.29, 1.82) is 0 Å². The van der Waals surface area contributed by atoms with E-state index in [4.69, 9.17) is 17.2 Å². The first-order valence-corrected chi connectivity index (χ1v) is 17.0. The summed E-state index contributed by atoms with van der Waals surface area (Å²) in [7, 11) is 0. The van der Waals surface area contributed by atoms with Gasteiger partial charge in [-0.3, -0.25) is 52.7 Å². The Labute approximate surface area is 322 Å². The minimum Gasteiger partial charge on any atom is -0.508 e. The van der Waals surface area contributed by atoms with Crippen LogP contribution in [-0.4, -0.2) is 143 Å². The molecule has 0 unspecified atom stereocenters. The van der Waals surface area contributed by atoms with Gasteiger partial charge < -0.3 is 75.1 Å². The Morgan fingerprint density at radius 2 is 0.912 bits per heavy atom. The number of aromatic hydroxyl groups is 1. The van der Waals surface area contributed by atoms with Crippen LogP contribution in [0.3, 0.4) is 0 Å². The lowest BCUT2D eigenvalue weighted by Gasteiger charge is -2.25. The number of primary amides is 3. The van der Waals surface area contributed by atoms with Crippen LogP contribution < -0.4 is 59.7 Å². The quantitative estimate of drug-likeness (QED) is 0.104. The third kappa shape index (κ3) is 16.2. The Morgan fingerprint density at radius 3 is 1.40 bits per heavy atom. The van der Waals surface area contributed by atoms with Crippen molar-refractivity contribution in [3.63, 3.8) is 0 Å². The highest BCUT2D eigenvalue weighted by Gasteiger charge is 2.33. The SMILES string of the molecule is NC(=O)C[C@@H]1NC(=O)CNC(=O)[C@@H](CC(N)=O)NC(=O)[C@H](Cc2ccc(O)cc2)NC(=O)[C@@H](CO)NC(=O)CCNC(=O)[C@H](CC(N)=O)NC(=O)[C@H](CO)NC1=O. The summed E-state index contributed by atoms with van der Waals surface area (Å²) in [6.45, 7) is -3.54. The molecule has 57 heavy (non-hydrogen) atoms. The van der Waals surface area contributed by atoms with Crippen molar-refractivity contribution in [2.24, 2.45) is 17.2 Å². The van der Waals surface area contributed by atoms with Gasteiger partial charge in [0.15, 0.2) is 0 Å². The van der Waals surface area contributed by atoms with Crippen LogP contribution in [0.2, 0.25) is 0 Å². The fourth-order valence-electron chi connectivity index (χ4n) is 5.01. The monoisotopic (exact) mass is 807 g/mol. The predicted molar refractivity (Wildman–Crippen MR) is 190 cm³/mol. The standard InChI is InChI=1S/C32H45N11O14/c33-22(47)8-17-27(52)36-6-5-25(50)39-20(12-44)31(56)40-16(7-14-1-3-15(46)4-2-14)29(54)41-18(9-23(34)48)28(53)37-11-26(51)38-19(10-24(35)49)30(55)43-21(13-45)32(57)42-17/h1-4,16-21,44-46H,5-13H2,(H2,33,47)(H2,34,48)(H2,35,49)(H,36,52)(H,37,53)(H,38,51)(H,39,50)(H,40,56)(H,41,54)(H,42,57)(H,43,55)/t16-,17-,18+,19-,20+,21-/m0/s1. The van der Waals surface area contributed by atoms with Gasteiger partial charge in [-0.2, -0.15) is 0 Å². The van der Waals surface area contributed by atoms with Crippen LogP contribution in [0.15, 0.2) is 24.3 Å². The minimum atomic E-state index is -1.86. The highest BCUT2D eigenvalue weighted by molar-refractivity contribution is 5.99. The van der Waals surface area contributed by atoms with E-state index in [2.05, 4.69) is 37.2 Å². The summed E-state index contributed by atoms with van der Waals surface area (Å²) in [5, 5.41) is 46.8. The molecule has 25 nitrogen and oxygen atoms in total. The maximum atomic E-state index is 13.6. The van der Waals surface area contributed by atoms with Gasteiger partial charge in [-0.05, 0) is 17.7 Å². The number of hydrogen-bond donors (Lipinski definition) is 14. The third-order valence-electron chi connectivity index (χ3n) is 7.87. The van der Waals surface area contributed by atoms with Crippen molar-refractivity contribution in [2.75, 3.05) is 26.3 Å². The molecular formula is C32H45N11O14. The zero-order valence-corrected chi connectivity index (χ0v) is 30.2. The van der Waals surface area contributed by atoms with E-state index < -0.39 is 153 Å². The van der Waals surface area contributed by atoms with Crippen LogP contribution in [0, 0.1) is 0 Å². The van der Waals surface area contributed by atoms with E-state index in [1.807, 2.05) is 5.32 Å². The summed E-state index contributed by atoms with van der Waals surface area (Å²) < 4.78 is 0. The molecule has 0 spiro atoms. The van der Waals surface area contributed by atoms with Crippen molar-refractivity contribution < 1.29 is 68.1 Å². The molecule has 0 aliphatic carbocycles. The van der Waals surface area contributed by atoms with Crippen molar-refractivity contribution in [1.82, 2.24) is 42.5 Å². The molecule has 312 valence electrons. The maximum absolute atomic E-state index is 13.6. The van der Waals surface area contributed by atoms with Gasteiger partial charge in [-0.1, -0.05) is 12.1 Å². The van der Waals surface area contributed by atoms with Crippen molar-refractivity contribution in [2.45, 2.75) is 68.4 Å². The van der Waals surface area contributed by atoms with Crippen LogP contribution in [0.25, 0.3) is 0 Å². The number of rotatable bonds is 10. The molecule has 17 N–H and O–H groups in total. The molecule has 2 rings (SSSR count). The van der Waals surface area contributed by atoms with Gasteiger partial charge in [-0.15, -0.1) is 0 Å². The molecule has 1 saturated heterocycles. The highest BCUT2D eigenvalue weighted by Crippen LogP contribution is 2.12. The van der Waals surface area contributed by atoms with Gasteiger partial charge in [0, 0.05) is 19.4 Å². The second kappa shape index (κ2) is 22.5. The first kappa shape index (κ1) is 46.3. The second-order valence-corrected chi connectivity index (χ2v) is 12.5. The molecule has 0 radical (unpaired) electrons. The average molecular weight is 808 g/mol. The third-order valence-corrected chi connectivity index (χ3v) is 7.87. The maximum Gasteiger partial charge on any atom is 0.245 e. The zero-order valence-electron chi connectivity index (χ0n) is 30.2. The lowest BCUT2D eigenvalue weighted by molar-refractivity contribution is -0.136. The first-order valence-electron chi connectivity index (χ1n) is 17.0. The molecule has 1 aromatic rings. The van der Waals surface area contributed by atoms with Gasteiger partial charge in [0.2, 0.25) is 65.0 Å². The molecule has 1 aromatic carbocycles. The lowest BCUT2D eigenvalue weighted by atomic mass is 10.0. The fourth-order valence-corrected chi connectivity index (χ4v) is 5.01. The van der Waals surface area contributed by atoms with E-state index in [1.54, 1.807) is 0 Å². The summed E-state index contributed by atoms with van der Waals surface area (Å²) in [5.41, 5.74) is 16.0. The molecule has 25 heteroatoms. The molecule has 1 fully saturated rings. The lowest BCUT2D eigenvalue weighted by Crippen LogP contribution is -2.59. The Bertz CT molecular complexity index is 1710. The number of benzene rings is 1. The number of phenols is 1. The number of phenolic OH excluding ortho intramolecular Hbond substituents is 1. The first-order chi connectivity index (χ1) is 26.8. The predicted octanol–water partition coefficient (Wildman–Crippen LogP) is -8.91. The van der Waals surface area contributed by atoms with E-state index >= 15 is 0 Å². The van der Waals surface area contributed by atoms with E-state index in [9.17, 15) is 68.1 Å². The number of amides is 11. The molecular weight excluding hydrogens is 762 g/mol. The number of hydrogen-bond acceptors (Lipinski definition) is 14. The summed E-state index contributed by atoms with van der Waals surface area (Å²) >= 11 is 0. The highest BCUT2D eigenvalue weighted by atomic mass is 16.3. The van der Waals surface area contributed by atoms with Gasteiger partial charge in [-0.25, -0.2) is 0 Å². The average Bonchev–Trinajstić information content (AvgIpc) is 3.13. The van der Waals surface area contributed by atoms with Crippen molar-refractivity contribution in [3.8, 4) is 5.75 Å². The van der Waals surface area contributed by atoms with Crippen LogP contribution in [-0.2, 0) is 59.2 Å². The van der Waals surface area contributed by atoms with Crippen molar-refractivity contribution in [3.05, 3.63) is 29.8 Å². The van der Waals surface area contributed by atoms with E-state index in [0.717, 1.165) is 0 Å². The van der Waals surface area contributed by atoms with E-state index in [1.165, 1.54) is 24.3 Å². The number of nitrogens with one attached hydrogen (secondary N) is 8. The Balaban J connectivity index is 2.51. The summed E-state index contributed by atoms with van der Waals surface area (Å²) in [5.74, 6) is -12.4. The van der Waals surface area contributed by atoms with Crippen LogP contribution >= 0.6 is 0 Å². The van der Waals surface area contributed by atoms with Crippen LogP contribution in [0.5, 0.6) is 5.75 Å². The van der Waals surface area contributed by atoms with Gasteiger partial charge in [0.05, 0.1) is 39.0 Å². The topological polar surface area (TPSA) is 423 Å². The van der Waals surface area contributed by atoms with E-state index in [-0.39, 0.29) is 12.2 Å². The summed E-state index contributed by atoms with van der Waals surface area (Å²) in [6.07, 6.45) is -3.35. The second-order valence-electron chi connectivity index (χ2n) is 12.5. The molecule has 6 atom stereocenters. The number of nitrogens with two attached hydrogens (primary N) is 3. The largest absolute Gasteiger partial charge is 0.508 e. The summed E-state index contributed by atoms with van der Waals surface area (Å²) in [6, 6.07) is -5.10. The molecule has 0 aromatic heterocycles. The fraction of sp³-hybridized carbons (Fsp3) is 0.469. The zero-order chi connectivity index (χ0) is 42.8. The van der Waals surface area contributed by atoms with E-state index in [0.29, 0.717) is 5.56 Å².